The van der Waals surface area contributed by atoms with Crippen molar-refractivity contribution in [3.8, 4) is 16.5 Å². The van der Waals surface area contributed by atoms with E-state index in [1.54, 1.807) is 35.9 Å². The Morgan fingerprint density at radius 2 is 2.08 bits per heavy atom. The first kappa shape index (κ1) is 16.6. The van der Waals surface area contributed by atoms with Gasteiger partial charge in [-0.15, -0.1) is 16.4 Å². The summed E-state index contributed by atoms with van der Waals surface area (Å²) in [6, 6.07) is 11.1. The smallest absolute Gasteiger partial charge is 0.346 e. The fraction of sp³-hybridized carbons (Fsp3) is 0.278. The monoisotopic (exact) mass is 370 g/mol. The van der Waals surface area contributed by atoms with Crippen LogP contribution in [-0.4, -0.2) is 27.4 Å². The van der Waals surface area contributed by atoms with Gasteiger partial charge in [0.05, 0.1) is 12.0 Å². The number of aromatic nitrogens is 3. The van der Waals surface area contributed by atoms with E-state index >= 15 is 0 Å². The third kappa shape index (κ3) is 3.28. The quantitative estimate of drug-likeness (QED) is 0.724. The highest BCUT2D eigenvalue weighted by atomic mass is 32.1. The van der Waals surface area contributed by atoms with Crippen molar-refractivity contribution in [2.75, 3.05) is 12.4 Å². The van der Waals surface area contributed by atoms with Gasteiger partial charge in [-0.1, -0.05) is 6.07 Å². The second-order valence-electron chi connectivity index (χ2n) is 6.12. The molecule has 1 aromatic carbocycles. The largest absolute Gasteiger partial charge is 0.497 e. The maximum atomic E-state index is 12.7. The number of anilines is 1. The van der Waals surface area contributed by atoms with E-state index in [0.717, 1.165) is 17.7 Å². The van der Waals surface area contributed by atoms with Gasteiger partial charge in [-0.25, -0.2) is 9.48 Å². The molecule has 2 heterocycles. The van der Waals surface area contributed by atoms with Gasteiger partial charge in [0.1, 0.15) is 12.3 Å². The summed E-state index contributed by atoms with van der Waals surface area (Å²) in [4.78, 5) is 26.0. The molecule has 26 heavy (non-hydrogen) atoms. The standard InChI is InChI=1S/C18H18N4O3S/c1-25-14-8-4-12(5-9-14)19-16(23)11-21-18(24)22(13-6-7-13)17(20-21)15-3-2-10-26-15/h2-5,8-10,13H,6-7,11H2,1H3,(H,19,23). The molecule has 1 amide bonds. The van der Waals surface area contributed by atoms with Crippen LogP contribution in [0.4, 0.5) is 5.69 Å². The fourth-order valence-electron chi connectivity index (χ4n) is 2.77. The molecule has 0 unspecified atom stereocenters. The van der Waals surface area contributed by atoms with Crippen LogP contribution < -0.4 is 15.7 Å². The van der Waals surface area contributed by atoms with Gasteiger partial charge in [0, 0.05) is 11.7 Å². The number of thiophene rings is 1. The molecule has 4 rings (SSSR count). The Bertz CT molecular complexity index is 969. The summed E-state index contributed by atoms with van der Waals surface area (Å²) in [5, 5.41) is 9.15. The van der Waals surface area contributed by atoms with Crippen LogP contribution >= 0.6 is 11.3 Å². The Labute approximate surface area is 153 Å². The molecule has 0 bridgehead atoms. The first-order valence-corrected chi connectivity index (χ1v) is 9.21. The van der Waals surface area contributed by atoms with E-state index < -0.39 is 0 Å². The minimum Gasteiger partial charge on any atom is -0.497 e. The van der Waals surface area contributed by atoms with Crippen LogP contribution in [0.5, 0.6) is 5.75 Å². The molecule has 0 spiro atoms. The Morgan fingerprint density at radius 3 is 2.69 bits per heavy atom. The van der Waals surface area contributed by atoms with Crippen molar-refractivity contribution in [3.05, 3.63) is 52.3 Å². The minimum atomic E-state index is -0.296. The molecule has 8 heteroatoms. The van der Waals surface area contributed by atoms with Gasteiger partial charge in [0.25, 0.3) is 0 Å². The van der Waals surface area contributed by atoms with Gasteiger partial charge in [-0.3, -0.25) is 9.36 Å². The predicted molar refractivity (Wildman–Crippen MR) is 99.7 cm³/mol. The molecular weight excluding hydrogens is 352 g/mol. The Morgan fingerprint density at radius 1 is 1.31 bits per heavy atom. The Kier molecular flexibility index (Phi) is 4.34. The van der Waals surface area contributed by atoms with E-state index in [1.807, 2.05) is 17.5 Å². The van der Waals surface area contributed by atoms with Crippen LogP contribution in [0, 0.1) is 0 Å². The van der Waals surface area contributed by atoms with Crippen LogP contribution in [0.15, 0.2) is 46.6 Å². The number of ether oxygens (including phenoxy) is 1. The second kappa shape index (κ2) is 6.80. The lowest BCUT2D eigenvalue weighted by atomic mass is 10.3. The van der Waals surface area contributed by atoms with Crippen LogP contribution in [0.2, 0.25) is 0 Å². The van der Waals surface area contributed by atoms with E-state index in [9.17, 15) is 9.59 Å². The summed E-state index contributed by atoms with van der Waals surface area (Å²) >= 11 is 1.53. The van der Waals surface area contributed by atoms with E-state index in [1.165, 1.54) is 16.0 Å². The van der Waals surface area contributed by atoms with Gasteiger partial charge < -0.3 is 10.1 Å². The van der Waals surface area contributed by atoms with E-state index in [0.29, 0.717) is 17.3 Å². The average molecular weight is 370 g/mol. The zero-order valence-electron chi connectivity index (χ0n) is 14.2. The molecule has 7 nitrogen and oxygen atoms in total. The summed E-state index contributed by atoms with van der Waals surface area (Å²) < 4.78 is 8.05. The molecule has 1 fully saturated rings. The summed E-state index contributed by atoms with van der Waals surface area (Å²) in [5.41, 5.74) is 0.407. The number of hydrogen-bond donors (Lipinski definition) is 1. The zero-order chi connectivity index (χ0) is 18.1. The Balaban J connectivity index is 1.55. The number of carbonyl (C=O) groups excluding carboxylic acids is 1. The van der Waals surface area contributed by atoms with Crippen molar-refractivity contribution in [2.24, 2.45) is 0 Å². The first-order chi connectivity index (χ1) is 12.7. The molecule has 0 saturated heterocycles. The zero-order valence-corrected chi connectivity index (χ0v) is 15.0. The highest BCUT2D eigenvalue weighted by Gasteiger charge is 2.31. The number of nitrogens with zero attached hydrogens (tertiary/aromatic N) is 3. The molecule has 3 aromatic rings. The molecule has 0 radical (unpaired) electrons. The molecule has 134 valence electrons. The molecule has 1 aliphatic carbocycles. The van der Waals surface area contributed by atoms with Crippen LogP contribution in [0.3, 0.4) is 0 Å². The van der Waals surface area contributed by atoms with Crippen molar-refractivity contribution >= 4 is 22.9 Å². The number of benzene rings is 1. The normalized spacial score (nSPS) is 13.6. The lowest BCUT2D eigenvalue weighted by Gasteiger charge is -2.05. The topological polar surface area (TPSA) is 78.2 Å². The van der Waals surface area contributed by atoms with Gasteiger partial charge >= 0.3 is 5.69 Å². The molecular formula is C18H18N4O3S. The SMILES string of the molecule is COc1ccc(NC(=O)Cn2nc(-c3cccs3)n(C3CC3)c2=O)cc1. The highest BCUT2D eigenvalue weighted by molar-refractivity contribution is 7.13. The molecule has 1 N–H and O–H groups in total. The maximum absolute atomic E-state index is 12.7. The second-order valence-corrected chi connectivity index (χ2v) is 7.07. The van der Waals surface area contributed by atoms with Crippen molar-refractivity contribution in [3.63, 3.8) is 0 Å². The van der Waals surface area contributed by atoms with Gasteiger partial charge in [-0.2, -0.15) is 0 Å². The number of methoxy groups -OCH3 is 1. The summed E-state index contributed by atoms with van der Waals surface area (Å²) in [7, 11) is 1.58. The predicted octanol–water partition coefficient (Wildman–Crippen LogP) is 2.76. The van der Waals surface area contributed by atoms with Crippen LogP contribution in [-0.2, 0) is 11.3 Å². The highest BCUT2D eigenvalue weighted by Crippen LogP contribution is 2.37. The number of amides is 1. The summed E-state index contributed by atoms with van der Waals surface area (Å²) in [5.74, 6) is 1.06. The molecule has 0 atom stereocenters. The van der Waals surface area contributed by atoms with E-state index in [4.69, 9.17) is 4.74 Å². The third-order valence-electron chi connectivity index (χ3n) is 4.19. The minimum absolute atomic E-state index is 0.122. The van der Waals surface area contributed by atoms with Crippen molar-refractivity contribution in [1.29, 1.82) is 0 Å². The molecule has 1 saturated carbocycles. The number of nitrogens with one attached hydrogen (secondary N) is 1. The first-order valence-electron chi connectivity index (χ1n) is 8.33. The number of carbonyl (C=O) groups is 1. The van der Waals surface area contributed by atoms with E-state index in [-0.39, 0.29) is 24.2 Å². The lowest BCUT2D eigenvalue weighted by molar-refractivity contribution is -0.117. The van der Waals surface area contributed by atoms with Crippen LogP contribution in [0.25, 0.3) is 10.7 Å². The van der Waals surface area contributed by atoms with Crippen molar-refractivity contribution in [1.82, 2.24) is 14.3 Å². The molecule has 0 aliphatic heterocycles. The van der Waals surface area contributed by atoms with Gasteiger partial charge in [0.2, 0.25) is 5.91 Å². The maximum Gasteiger partial charge on any atom is 0.346 e. The Hall–Kier alpha value is -2.87. The van der Waals surface area contributed by atoms with Crippen molar-refractivity contribution in [2.45, 2.75) is 25.4 Å². The molecule has 1 aliphatic rings. The van der Waals surface area contributed by atoms with Gasteiger partial charge in [-0.05, 0) is 48.6 Å². The van der Waals surface area contributed by atoms with Crippen LogP contribution in [0.1, 0.15) is 18.9 Å². The fourth-order valence-corrected chi connectivity index (χ4v) is 3.48. The summed E-state index contributed by atoms with van der Waals surface area (Å²) in [6.07, 6.45) is 1.95. The third-order valence-corrected chi connectivity index (χ3v) is 5.06. The summed E-state index contributed by atoms with van der Waals surface area (Å²) in [6.45, 7) is -0.122. The molecule has 2 aromatic heterocycles. The number of hydrogen-bond acceptors (Lipinski definition) is 5. The average Bonchev–Trinajstić information content (AvgIpc) is 3.22. The van der Waals surface area contributed by atoms with Gasteiger partial charge in [0.15, 0.2) is 5.82 Å². The van der Waals surface area contributed by atoms with Crippen molar-refractivity contribution < 1.29 is 9.53 Å². The van der Waals surface area contributed by atoms with E-state index in [2.05, 4.69) is 10.4 Å². The lowest BCUT2D eigenvalue weighted by Crippen LogP contribution is -2.30. The number of rotatable bonds is 6.